The zero-order valence-electron chi connectivity index (χ0n) is 15.6. The van der Waals surface area contributed by atoms with Crippen LogP contribution in [0.2, 0.25) is 5.02 Å². The van der Waals surface area contributed by atoms with Crippen molar-refractivity contribution in [1.29, 1.82) is 0 Å². The summed E-state index contributed by atoms with van der Waals surface area (Å²) >= 11 is 5.96. The molecule has 0 saturated carbocycles. The maximum Gasteiger partial charge on any atom is 0.225 e. The van der Waals surface area contributed by atoms with E-state index in [1.54, 1.807) is 14.2 Å². The molecule has 1 fully saturated rings. The summed E-state index contributed by atoms with van der Waals surface area (Å²) < 4.78 is 10.9. The average molecular weight is 387 g/mol. The van der Waals surface area contributed by atoms with E-state index in [2.05, 4.69) is 11.0 Å². The molecule has 1 unspecified atom stereocenters. The van der Waals surface area contributed by atoms with Crippen LogP contribution >= 0.6 is 11.6 Å². The van der Waals surface area contributed by atoms with Gasteiger partial charge in [0.15, 0.2) is 11.5 Å². The molecule has 0 aliphatic carbocycles. The van der Waals surface area contributed by atoms with Crippen LogP contribution in [0.15, 0.2) is 36.4 Å². The Morgan fingerprint density at radius 3 is 2.52 bits per heavy atom. The van der Waals surface area contributed by atoms with E-state index in [1.165, 1.54) is 11.1 Å². The van der Waals surface area contributed by atoms with Gasteiger partial charge >= 0.3 is 0 Å². The van der Waals surface area contributed by atoms with Crippen molar-refractivity contribution in [2.24, 2.45) is 0 Å². The molecule has 0 radical (unpaired) electrons. The number of nitrogens with zero attached hydrogens (tertiary/aromatic N) is 2. The fourth-order valence-corrected chi connectivity index (χ4v) is 4.16. The number of rotatable bonds is 4. The van der Waals surface area contributed by atoms with Crippen LogP contribution in [-0.4, -0.2) is 43.1 Å². The Morgan fingerprint density at radius 2 is 1.81 bits per heavy atom. The zero-order valence-corrected chi connectivity index (χ0v) is 16.3. The smallest absolute Gasteiger partial charge is 0.225 e. The minimum absolute atomic E-state index is 0.0996. The van der Waals surface area contributed by atoms with Gasteiger partial charge in [0.25, 0.3) is 0 Å². The Bertz CT molecular complexity index is 853. The fourth-order valence-electron chi connectivity index (χ4n) is 4.03. The molecule has 1 atom stereocenters. The second-order valence-corrected chi connectivity index (χ2v) is 7.48. The Kier molecular flexibility index (Phi) is 4.98. The molecule has 27 heavy (non-hydrogen) atoms. The van der Waals surface area contributed by atoms with Crippen LogP contribution in [0.4, 0.5) is 0 Å². The molecule has 5 nitrogen and oxygen atoms in total. The normalized spacial score (nSPS) is 19.4. The molecule has 2 heterocycles. The van der Waals surface area contributed by atoms with E-state index in [0.29, 0.717) is 30.4 Å². The monoisotopic (exact) mass is 386 g/mol. The van der Waals surface area contributed by atoms with Crippen molar-refractivity contribution in [2.75, 3.05) is 27.4 Å². The molecule has 6 heteroatoms. The maximum absolute atomic E-state index is 12.8. The summed E-state index contributed by atoms with van der Waals surface area (Å²) in [6.45, 7) is 2.18. The third-order valence-electron chi connectivity index (χ3n) is 5.47. The topological polar surface area (TPSA) is 42.0 Å². The van der Waals surface area contributed by atoms with Crippen molar-refractivity contribution in [3.8, 4) is 11.5 Å². The van der Waals surface area contributed by atoms with Gasteiger partial charge in [0, 0.05) is 30.6 Å². The average Bonchev–Trinajstić information content (AvgIpc) is 2.69. The van der Waals surface area contributed by atoms with Crippen molar-refractivity contribution in [3.63, 3.8) is 0 Å². The molecule has 2 aromatic carbocycles. The predicted molar refractivity (Wildman–Crippen MR) is 104 cm³/mol. The molecule has 1 saturated heterocycles. The number of carbonyl (C=O) groups is 1. The van der Waals surface area contributed by atoms with Crippen LogP contribution < -0.4 is 9.47 Å². The van der Waals surface area contributed by atoms with Gasteiger partial charge in [0.1, 0.15) is 0 Å². The van der Waals surface area contributed by atoms with Gasteiger partial charge in [-0.25, -0.2) is 0 Å². The van der Waals surface area contributed by atoms with Gasteiger partial charge in [-0.3, -0.25) is 9.69 Å². The lowest BCUT2D eigenvalue weighted by atomic mass is 9.88. The van der Waals surface area contributed by atoms with E-state index >= 15 is 0 Å². The van der Waals surface area contributed by atoms with Gasteiger partial charge in [-0.15, -0.1) is 0 Å². The Labute approximate surface area is 164 Å². The number of halogens is 1. The van der Waals surface area contributed by atoms with Crippen LogP contribution in [-0.2, 0) is 17.8 Å². The number of benzene rings is 2. The number of ether oxygens (including phenoxy) is 2. The first-order chi connectivity index (χ1) is 13.1. The first-order valence-corrected chi connectivity index (χ1v) is 9.48. The molecule has 0 spiro atoms. The molecular weight excluding hydrogens is 364 g/mol. The Morgan fingerprint density at radius 1 is 1.11 bits per heavy atom. The largest absolute Gasteiger partial charge is 0.493 e. The summed E-state index contributed by atoms with van der Waals surface area (Å²) in [5, 5.41) is 0.709. The molecule has 142 valence electrons. The Balaban J connectivity index is 1.56. The first-order valence-electron chi connectivity index (χ1n) is 9.10. The van der Waals surface area contributed by atoms with Gasteiger partial charge in [-0.1, -0.05) is 23.7 Å². The summed E-state index contributed by atoms with van der Waals surface area (Å²) in [6.07, 6.45) is 1.42. The van der Waals surface area contributed by atoms with Crippen molar-refractivity contribution >= 4 is 17.5 Å². The molecule has 2 aliphatic rings. The maximum atomic E-state index is 12.8. The van der Waals surface area contributed by atoms with Crippen LogP contribution in [0.1, 0.15) is 29.2 Å². The second kappa shape index (κ2) is 7.41. The van der Waals surface area contributed by atoms with Gasteiger partial charge in [0.2, 0.25) is 5.91 Å². The molecule has 4 rings (SSSR count). The van der Waals surface area contributed by atoms with Crippen molar-refractivity contribution in [1.82, 2.24) is 9.80 Å². The zero-order chi connectivity index (χ0) is 19.0. The summed E-state index contributed by atoms with van der Waals surface area (Å²) in [4.78, 5) is 17.1. The van der Waals surface area contributed by atoms with E-state index in [-0.39, 0.29) is 11.9 Å². The predicted octanol–water partition coefficient (Wildman–Crippen LogP) is 3.65. The fraction of sp³-hybridized carbons (Fsp3) is 0.381. The second-order valence-electron chi connectivity index (χ2n) is 7.05. The van der Waals surface area contributed by atoms with Crippen molar-refractivity contribution in [2.45, 2.75) is 25.4 Å². The SMILES string of the molecule is COc1cc2c(cc1OC)C1CC(=O)N(Cc3ccc(Cl)cc3)CN1CC2. The summed E-state index contributed by atoms with van der Waals surface area (Å²) in [6, 6.07) is 11.9. The molecule has 2 aliphatic heterocycles. The van der Waals surface area contributed by atoms with E-state index in [4.69, 9.17) is 21.1 Å². The van der Waals surface area contributed by atoms with E-state index in [1.807, 2.05) is 35.2 Å². The highest BCUT2D eigenvalue weighted by Gasteiger charge is 2.37. The number of fused-ring (bicyclic) bond motifs is 3. The summed E-state index contributed by atoms with van der Waals surface area (Å²) in [7, 11) is 3.29. The number of methoxy groups -OCH3 is 2. The lowest BCUT2D eigenvalue weighted by molar-refractivity contribution is -0.142. The van der Waals surface area contributed by atoms with Crippen LogP contribution in [0.25, 0.3) is 0 Å². The van der Waals surface area contributed by atoms with Crippen LogP contribution in [0.3, 0.4) is 0 Å². The minimum Gasteiger partial charge on any atom is -0.493 e. The standard InChI is InChI=1S/C21H23ClN2O3/c1-26-19-9-15-7-8-23-13-24(12-14-3-5-16(22)6-4-14)21(25)11-18(23)17(15)10-20(19)27-2/h3-6,9-10,18H,7-8,11-13H2,1-2H3. The van der Waals surface area contributed by atoms with Crippen LogP contribution in [0.5, 0.6) is 11.5 Å². The molecular formula is C21H23ClN2O3. The minimum atomic E-state index is 0.0996. The molecule has 2 aromatic rings. The Hall–Kier alpha value is -2.24. The number of hydrogen-bond donors (Lipinski definition) is 0. The highest BCUT2D eigenvalue weighted by Crippen LogP contribution is 2.41. The van der Waals surface area contributed by atoms with Crippen molar-refractivity contribution < 1.29 is 14.3 Å². The summed E-state index contributed by atoms with van der Waals surface area (Å²) in [5.74, 6) is 1.64. The van der Waals surface area contributed by atoms with Gasteiger partial charge < -0.3 is 14.4 Å². The number of carbonyl (C=O) groups excluding carboxylic acids is 1. The van der Waals surface area contributed by atoms with E-state index in [0.717, 1.165) is 24.3 Å². The van der Waals surface area contributed by atoms with E-state index < -0.39 is 0 Å². The van der Waals surface area contributed by atoms with Crippen LogP contribution in [0, 0.1) is 0 Å². The number of hydrogen-bond acceptors (Lipinski definition) is 4. The first kappa shape index (κ1) is 18.1. The molecule has 1 amide bonds. The highest BCUT2D eigenvalue weighted by atomic mass is 35.5. The van der Waals surface area contributed by atoms with Gasteiger partial charge in [-0.05, 0) is 47.4 Å². The summed E-state index contributed by atoms with van der Waals surface area (Å²) in [5.41, 5.74) is 3.52. The quantitative estimate of drug-likeness (QED) is 0.804. The molecule has 0 aromatic heterocycles. The van der Waals surface area contributed by atoms with Crippen molar-refractivity contribution in [3.05, 3.63) is 58.1 Å². The highest BCUT2D eigenvalue weighted by molar-refractivity contribution is 6.30. The van der Waals surface area contributed by atoms with Gasteiger partial charge in [0.05, 0.1) is 20.9 Å². The number of amides is 1. The van der Waals surface area contributed by atoms with E-state index in [9.17, 15) is 4.79 Å². The molecule has 0 N–H and O–H groups in total. The third-order valence-corrected chi connectivity index (χ3v) is 5.73. The molecule has 0 bridgehead atoms. The van der Waals surface area contributed by atoms with Gasteiger partial charge in [-0.2, -0.15) is 0 Å². The lowest BCUT2D eigenvalue weighted by Crippen LogP contribution is -2.51. The third kappa shape index (κ3) is 3.49. The lowest BCUT2D eigenvalue weighted by Gasteiger charge is -2.44.